The van der Waals surface area contributed by atoms with Crippen LogP contribution in [-0.2, 0) is 6.54 Å². The van der Waals surface area contributed by atoms with Crippen molar-refractivity contribution in [3.8, 4) is 5.75 Å². The molecule has 1 N–H and O–H groups in total. The van der Waals surface area contributed by atoms with Crippen molar-refractivity contribution >= 4 is 11.3 Å². The molecule has 19 heavy (non-hydrogen) atoms. The van der Waals surface area contributed by atoms with Gasteiger partial charge in [0.25, 0.3) is 0 Å². The summed E-state index contributed by atoms with van der Waals surface area (Å²) in [5.41, 5.74) is 2.28. The summed E-state index contributed by atoms with van der Waals surface area (Å²) >= 11 is 1.67. The Balaban J connectivity index is 1.90. The van der Waals surface area contributed by atoms with Gasteiger partial charge in [-0.3, -0.25) is 0 Å². The van der Waals surface area contributed by atoms with Crippen molar-refractivity contribution in [2.75, 3.05) is 0 Å². The van der Waals surface area contributed by atoms with Crippen LogP contribution in [0.1, 0.15) is 24.1 Å². The second kappa shape index (κ2) is 6.63. The largest absolute Gasteiger partial charge is 0.435 e. The first kappa shape index (κ1) is 14.0. The molecular formula is C14H15F2NOS. The van der Waals surface area contributed by atoms with Gasteiger partial charge in [-0.05, 0) is 47.0 Å². The highest BCUT2D eigenvalue weighted by Crippen LogP contribution is 2.19. The van der Waals surface area contributed by atoms with Crippen molar-refractivity contribution in [1.82, 2.24) is 5.32 Å². The van der Waals surface area contributed by atoms with Gasteiger partial charge in [0.1, 0.15) is 5.75 Å². The Morgan fingerprint density at radius 2 is 1.95 bits per heavy atom. The molecule has 102 valence electrons. The maximum atomic E-state index is 12.0. The van der Waals surface area contributed by atoms with Crippen molar-refractivity contribution in [1.29, 1.82) is 0 Å². The molecule has 0 aliphatic heterocycles. The molecular weight excluding hydrogens is 268 g/mol. The maximum absolute atomic E-state index is 12.0. The van der Waals surface area contributed by atoms with Crippen LogP contribution in [0.5, 0.6) is 5.75 Å². The molecule has 1 unspecified atom stereocenters. The van der Waals surface area contributed by atoms with Crippen LogP contribution in [0, 0.1) is 0 Å². The summed E-state index contributed by atoms with van der Waals surface area (Å²) in [5.74, 6) is 0.184. The van der Waals surface area contributed by atoms with Crippen molar-refractivity contribution in [3.05, 3.63) is 52.2 Å². The van der Waals surface area contributed by atoms with Gasteiger partial charge in [0.2, 0.25) is 0 Å². The number of alkyl halides is 2. The minimum atomic E-state index is -2.78. The zero-order chi connectivity index (χ0) is 13.7. The molecule has 0 aliphatic rings. The quantitative estimate of drug-likeness (QED) is 0.858. The van der Waals surface area contributed by atoms with Crippen LogP contribution >= 0.6 is 11.3 Å². The Morgan fingerprint density at radius 3 is 2.53 bits per heavy atom. The predicted molar refractivity (Wildman–Crippen MR) is 72.6 cm³/mol. The van der Waals surface area contributed by atoms with E-state index in [-0.39, 0.29) is 11.8 Å². The highest BCUT2D eigenvalue weighted by atomic mass is 32.1. The summed E-state index contributed by atoms with van der Waals surface area (Å²) in [6, 6.07) is 8.94. The summed E-state index contributed by atoms with van der Waals surface area (Å²) in [5, 5.41) is 7.52. The number of hydrogen-bond donors (Lipinski definition) is 1. The van der Waals surface area contributed by atoms with Gasteiger partial charge in [0.05, 0.1) is 0 Å². The number of hydrogen-bond acceptors (Lipinski definition) is 3. The lowest BCUT2D eigenvalue weighted by Gasteiger charge is -2.14. The fourth-order valence-corrected chi connectivity index (χ4v) is 2.39. The van der Waals surface area contributed by atoms with Gasteiger partial charge in [-0.25, -0.2) is 0 Å². The highest BCUT2D eigenvalue weighted by Gasteiger charge is 2.07. The first-order chi connectivity index (χ1) is 9.15. The van der Waals surface area contributed by atoms with Gasteiger partial charge in [-0.1, -0.05) is 12.1 Å². The molecule has 1 aromatic heterocycles. The molecule has 1 atom stereocenters. The monoisotopic (exact) mass is 283 g/mol. The number of rotatable bonds is 6. The van der Waals surface area contributed by atoms with Gasteiger partial charge >= 0.3 is 6.61 Å². The highest BCUT2D eigenvalue weighted by molar-refractivity contribution is 7.07. The fourth-order valence-electron chi connectivity index (χ4n) is 1.72. The average Bonchev–Trinajstić information content (AvgIpc) is 2.89. The van der Waals surface area contributed by atoms with Crippen LogP contribution in [-0.4, -0.2) is 6.61 Å². The van der Waals surface area contributed by atoms with Crippen molar-refractivity contribution in [2.45, 2.75) is 26.1 Å². The average molecular weight is 283 g/mol. The number of nitrogens with one attached hydrogen (secondary N) is 1. The summed E-state index contributed by atoms with van der Waals surface area (Å²) in [6.45, 7) is 0.0509. The smallest absolute Gasteiger partial charge is 0.387 e. The van der Waals surface area contributed by atoms with Crippen LogP contribution in [0.25, 0.3) is 0 Å². The Kier molecular flexibility index (Phi) is 4.87. The third-order valence-corrected chi connectivity index (χ3v) is 3.53. The molecule has 1 aromatic carbocycles. The molecule has 0 radical (unpaired) electrons. The van der Waals surface area contributed by atoms with E-state index in [0.29, 0.717) is 0 Å². The van der Waals surface area contributed by atoms with Crippen LogP contribution in [0.15, 0.2) is 41.1 Å². The maximum Gasteiger partial charge on any atom is 0.387 e. The zero-order valence-corrected chi connectivity index (χ0v) is 11.3. The van der Waals surface area contributed by atoms with Gasteiger partial charge in [-0.2, -0.15) is 20.1 Å². The summed E-state index contributed by atoms with van der Waals surface area (Å²) in [7, 11) is 0. The molecule has 0 spiro atoms. The molecule has 0 aliphatic carbocycles. The third kappa shape index (κ3) is 4.29. The van der Waals surface area contributed by atoms with Crippen molar-refractivity contribution in [3.63, 3.8) is 0 Å². The molecule has 0 saturated heterocycles. The van der Waals surface area contributed by atoms with E-state index in [2.05, 4.69) is 21.5 Å². The molecule has 2 rings (SSSR count). The van der Waals surface area contributed by atoms with Gasteiger partial charge in [0.15, 0.2) is 0 Å². The predicted octanol–water partition coefficient (Wildman–Crippen LogP) is 4.20. The summed E-state index contributed by atoms with van der Waals surface area (Å²) in [4.78, 5) is 0. The number of thiophene rings is 1. The third-order valence-electron chi connectivity index (χ3n) is 2.80. The van der Waals surface area contributed by atoms with Crippen LogP contribution in [0.3, 0.4) is 0 Å². The summed E-state index contributed by atoms with van der Waals surface area (Å²) in [6.07, 6.45) is 0. The molecule has 1 heterocycles. The van der Waals surface area contributed by atoms with E-state index in [1.807, 2.05) is 12.3 Å². The molecule has 5 heteroatoms. The van der Waals surface area contributed by atoms with E-state index in [1.54, 1.807) is 35.6 Å². The van der Waals surface area contributed by atoms with E-state index in [9.17, 15) is 8.78 Å². The fraction of sp³-hybridized carbons (Fsp3) is 0.286. The van der Waals surface area contributed by atoms with E-state index < -0.39 is 6.61 Å². The normalized spacial score (nSPS) is 12.6. The SMILES string of the molecule is CC(NCc1ccsc1)c1ccc(OC(F)F)cc1. The molecule has 0 fully saturated rings. The minimum absolute atomic E-state index is 0.153. The first-order valence-electron chi connectivity index (χ1n) is 5.94. The van der Waals surface area contributed by atoms with Crippen LogP contribution < -0.4 is 10.1 Å². The molecule has 0 amide bonds. The van der Waals surface area contributed by atoms with Crippen LogP contribution in [0.4, 0.5) is 8.78 Å². The minimum Gasteiger partial charge on any atom is -0.435 e. The van der Waals surface area contributed by atoms with E-state index in [1.165, 1.54) is 5.56 Å². The number of benzene rings is 1. The second-order valence-corrected chi connectivity index (χ2v) is 4.96. The number of ether oxygens (including phenoxy) is 1. The van der Waals surface area contributed by atoms with Crippen molar-refractivity contribution in [2.24, 2.45) is 0 Å². The Bertz CT molecular complexity index is 485. The Labute approximate surface area is 115 Å². The van der Waals surface area contributed by atoms with E-state index >= 15 is 0 Å². The zero-order valence-electron chi connectivity index (χ0n) is 10.5. The Hall–Kier alpha value is -1.46. The topological polar surface area (TPSA) is 21.3 Å². The second-order valence-electron chi connectivity index (χ2n) is 4.18. The van der Waals surface area contributed by atoms with E-state index in [0.717, 1.165) is 12.1 Å². The lowest BCUT2D eigenvalue weighted by Crippen LogP contribution is -2.17. The lowest BCUT2D eigenvalue weighted by molar-refractivity contribution is -0.0498. The number of halogens is 2. The standard InChI is InChI=1S/C14H15F2NOS/c1-10(17-8-11-6-7-19-9-11)12-2-4-13(5-3-12)18-14(15)16/h2-7,9-10,14,17H,8H2,1H3. The van der Waals surface area contributed by atoms with Crippen LogP contribution in [0.2, 0.25) is 0 Å². The lowest BCUT2D eigenvalue weighted by atomic mass is 10.1. The molecule has 2 aromatic rings. The van der Waals surface area contributed by atoms with E-state index in [4.69, 9.17) is 0 Å². The molecule has 0 bridgehead atoms. The summed E-state index contributed by atoms with van der Waals surface area (Å²) < 4.78 is 28.4. The first-order valence-corrected chi connectivity index (χ1v) is 6.88. The molecule has 2 nitrogen and oxygen atoms in total. The van der Waals surface area contributed by atoms with Crippen molar-refractivity contribution < 1.29 is 13.5 Å². The molecule has 0 saturated carbocycles. The van der Waals surface area contributed by atoms with Gasteiger partial charge < -0.3 is 10.1 Å². The van der Waals surface area contributed by atoms with Gasteiger partial charge in [0, 0.05) is 12.6 Å². The Morgan fingerprint density at radius 1 is 1.21 bits per heavy atom. The van der Waals surface area contributed by atoms with Gasteiger partial charge in [-0.15, -0.1) is 0 Å².